The van der Waals surface area contributed by atoms with Crippen LogP contribution in [0, 0.1) is 0 Å². The van der Waals surface area contributed by atoms with Gasteiger partial charge in [-0.05, 0) is 35.6 Å². The van der Waals surface area contributed by atoms with Crippen molar-refractivity contribution in [2.24, 2.45) is 5.73 Å². The molecule has 100 valence electrons. The average Bonchev–Trinajstić information content (AvgIpc) is 2.47. The van der Waals surface area contributed by atoms with Gasteiger partial charge in [-0.3, -0.25) is 4.98 Å². The zero-order valence-corrected chi connectivity index (χ0v) is 11.8. The highest BCUT2D eigenvalue weighted by molar-refractivity contribution is 5.34. The molecule has 0 aliphatic carbocycles. The van der Waals surface area contributed by atoms with E-state index in [4.69, 9.17) is 5.73 Å². The van der Waals surface area contributed by atoms with Gasteiger partial charge in [-0.25, -0.2) is 0 Å². The summed E-state index contributed by atoms with van der Waals surface area (Å²) in [6.07, 6.45) is 5.08. The first-order valence-corrected chi connectivity index (χ1v) is 7.04. The van der Waals surface area contributed by atoms with Gasteiger partial charge in [0.05, 0.1) is 11.7 Å². The first-order valence-electron chi connectivity index (χ1n) is 7.04. The van der Waals surface area contributed by atoms with Crippen LogP contribution in [-0.2, 0) is 12.8 Å². The number of nitrogens with zero attached hydrogens (tertiary/aromatic N) is 1. The van der Waals surface area contributed by atoms with E-state index >= 15 is 0 Å². The van der Waals surface area contributed by atoms with Crippen LogP contribution in [-0.4, -0.2) is 4.98 Å². The van der Waals surface area contributed by atoms with E-state index in [9.17, 15) is 0 Å². The Bertz CT molecular complexity index is 517. The number of aryl methyl sites for hydroxylation is 2. The predicted octanol–water partition coefficient (Wildman–Crippen LogP) is 3.64. The summed E-state index contributed by atoms with van der Waals surface area (Å²) < 4.78 is 0. The van der Waals surface area contributed by atoms with Crippen molar-refractivity contribution < 1.29 is 0 Å². The third kappa shape index (κ3) is 3.21. The molecule has 0 radical (unpaired) electrons. The van der Waals surface area contributed by atoms with Gasteiger partial charge in [0.15, 0.2) is 0 Å². The summed E-state index contributed by atoms with van der Waals surface area (Å²) in [5.41, 5.74) is 11.1. The Labute approximate surface area is 115 Å². The van der Waals surface area contributed by atoms with Crippen LogP contribution in [0.4, 0.5) is 0 Å². The highest BCUT2D eigenvalue weighted by Crippen LogP contribution is 2.22. The fourth-order valence-corrected chi connectivity index (χ4v) is 2.37. The smallest absolute Gasteiger partial charge is 0.0729 e. The van der Waals surface area contributed by atoms with Crippen LogP contribution in [0.2, 0.25) is 0 Å². The molecule has 0 aliphatic heterocycles. The van der Waals surface area contributed by atoms with Gasteiger partial charge in [0.2, 0.25) is 0 Å². The van der Waals surface area contributed by atoms with E-state index in [2.05, 4.69) is 49.2 Å². The zero-order chi connectivity index (χ0) is 13.7. The summed E-state index contributed by atoms with van der Waals surface area (Å²) in [7, 11) is 0. The number of hydrogen-bond donors (Lipinski definition) is 1. The molecule has 1 atom stereocenters. The summed E-state index contributed by atoms with van der Waals surface area (Å²) in [6.45, 7) is 4.33. The molecule has 0 spiro atoms. The fourth-order valence-electron chi connectivity index (χ4n) is 2.37. The second-order valence-corrected chi connectivity index (χ2v) is 4.87. The first-order chi connectivity index (χ1) is 9.26. The van der Waals surface area contributed by atoms with E-state index in [0.29, 0.717) is 0 Å². The topological polar surface area (TPSA) is 38.9 Å². The predicted molar refractivity (Wildman–Crippen MR) is 80.1 cm³/mol. The van der Waals surface area contributed by atoms with E-state index in [1.807, 2.05) is 12.3 Å². The second-order valence-electron chi connectivity index (χ2n) is 4.87. The van der Waals surface area contributed by atoms with Crippen molar-refractivity contribution in [3.8, 4) is 0 Å². The summed E-state index contributed by atoms with van der Waals surface area (Å²) in [5, 5.41) is 0. The van der Waals surface area contributed by atoms with Crippen molar-refractivity contribution >= 4 is 0 Å². The van der Waals surface area contributed by atoms with Crippen molar-refractivity contribution in [2.75, 3.05) is 0 Å². The summed E-state index contributed by atoms with van der Waals surface area (Å²) in [5.74, 6) is 0. The van der Waals surface area contributed by atoms with Crippen molar-refractivity contribution in [3.63, 3.8) is 0 Å². The van der Waals surface area contributed by atoms with Crippen LogP contribution < -0.4 is 5.73 Å². The van der Waals surface area contributed by atoms with Crippen LogP contribution in [0.1, 0.15) is 48.7 Å². The quantitative estimate of drug-likeness (QED) is 0.884. The van der Waals surface area contributed by atoms with E-state index in [1.165, 1.54) is 17.5 Å². The molecule has 19 heavy (non-hydrogen) atoms. The van der Waals surface area contributed by atoms with Crippen LogP contribution in [0.3, 0.4) is 0 Å². The Balaban J connectivity index is 2.25. The van der Waals surface area contributed by atoms with Crippen LogP contribution >= 0.6 is 0 Å². The number of benzene rings is 1. The third-order valence-electron chi connectivity index (χ3n) is 3.48. The number of aromatic nitrogens is 1. The Morgan fingerprint density at radius 1 is 1.11 bits per heavy atom. The van der Waals surface area contributed by atoms with Gasteiger partial charge in [-0.1, -0.05) is 50.6 Å². The maximum absolute atomic E-state index is 6.35. The van der Waals surface area contributed by atoms with Gasteiger partial charge in [-0.2, -0.15) is 0 Å². The molecule has 2 nitrogen and oxygen atoms in total. The lowest BCUT2D eigenvalue weighted by Gasteiger charge is -2.15. The highest BCUT2D eigenvalue weighted by Gasteiger charge is 2.13. The van der Waals surface area contributed by atoms with Crippen molar-refractivity contribution in [3.05, 3.63) is 65.0 Å². The van der Waals surface area contributed by atoms with Crippen molar-refractivity contribution in [2.45, 2.75) is 39.2 Å². The minimum absolute atomic E-state index is 0.133. The maximum Gasteiger partial charge on any atom is 0.0729 e. The summed E-state index contributed by atoms with van der Waals surface area (Å²) in [6, 6.07) is 12.5. The van der Waals surface area contributed by atoms with Crippen molar-refractivity contribution in [1.82, 2.24) is 4.98 Å². The Morgan fingerprint density at radius 3 is 2.47 bits per heavy atom. The minimum atomic E-state index is -0.133. The third-order valence-corrected chi connectivity index (χ3v) is 3.48. The molecular formula is C17H22N2. The molecule has 0 saturated heterocycles. The standard InChI is InChI=1S/C17H22N2/c1-3-6-13-8-10-15(11-9-13)16(18)17-14(4-2)7-5-12-19-17/h5,7-12,16H,3-4,6,18H2,1-2H3. The molecular weight excluding hydrogens is 232 g/mol. The van der Waals surface area contributed by atoms with Gasteiger partial charge in [0.1, 0.15) is 0 Å². The summed E-state index contributed by atoms with van der Waals surface area (Å²) in [4.78, 5) is 4.46. The fraction of sp³-hybridized carbons (Fsp3) is 0.353. The lowest BCUT2D eigenvalue weighted by atomic mass is 9.97. The van der Waals surface area contributed by atoms with Crippen LogP contribution in [0.25, 0.3) is 0 Å². The van der Waals surface area contributed by atoms with E-state index in [-0.39, 0.29) is 6.04 Å². The van der Waals surface area contributed by atoms with Crippen molar-refractivity contribution in [1.29, 1.82) is 0 Å². The molecule has 0 fully saturated rings. The lowest BCUT2D eigenvalue weighted by Crippen LogP contribution is -2.15. The number of pyridine rings is 1. The molecule has 2 heteroatoms. The Hall–Kier alpha value is -1.67. The zero-order valence-electron chi connectivity index (χ0n) is 11.8. The number of rotatable bonds is 5. The molecule has 0 bridgehead atoms. The van der Waals surface area contributed by atoms with E-state index in [1.54, 1.807) is 0 Å². The van der Waals surface area contributed by atoms with Gasteiger partial charge < -0.3 is 5.73 Å². The molecule has 1 aromatic carbocycles. The Kier molecular flexibility index (Phi) is 4.69. The van der Waals surface area contributed by atoms with Crippen LogP contribution in [0.15, 0.2) is 42.6 Å². The number of hydrogen-bond acceptors (Lipinski definition) is 2. The Morgan fingerprint density at radius 2 is 1.84 bits per heavy atom. The first kappa shape index (κ1) is 13.8. The largest absolute Gasteiger partial charge is 0.319 e. The van der Waals surface area contributed by atoms with Crippen LogP contribution in [0.5, 0.6) is 0 Å². The summed E-state index contributed by atoms with van der Waals surface area (Å²) >= 11 is 0. The van der Waals surface area contributed by atoms with Gasteiger partial charge in [0.25, 0.3) is 0 Å². The molecule has 0 saturated carbocycles. The van der Waals surface area contributed by atoms with E-state index in [0.717, 1.165) is 24.1 Å². The average molecular weight is 254 g/mol. The molecule has 2 rings (SSSR count). The lowest BCUT2D eigenvalue weighted by molar-refractivity contribution is 0.804. The van der Waals surface area contributed by atoms with Gasteiger partial charge >= 0.3 is 0 Å². The minimum Gasteiger partial charge on any atom is -0.319 e. The number of nitrogens with two attached hydrogens (primary N) is 1. The molecule has 1 unspecified atom stereocenters. The second kappa shape index (κ2) is 6.48. The normalized spacial score (nSPS) is 12.4. The molecule has 0 aliphatic rings. The van der Waals surface area contributed by atoms with Gasteiger partial charge in [0, 0.05) is 6.20 Å². The monoisotopic (exact) mass is 254 g/mol. The highest BCUT2D eigenvalue weighted by atomic mass is 14.8. The molecule has 1 heterocycles. The molecule has 0 amide bonds. The molecule has 2 N–H and O–H groups in total. The van der Waals surface area contributed by atoms with Gasteiger partial charge in [-0.15, -0.1) is 0 Å². The maximum atomic E-state index is 6.35. The SMILES string of the molecule is CCCc1ccc(C(N)c2ncccc2CC)cc1. The van der Waals surface area contributed by atoms with E-state index < -0.39 is 0 Å². The molecule has 2 aromatic rings. The molecule has 1 aromatic heterocycles.